The van der Waals surface area contributed by atoms with Crippen LogP contribution in [0.4, 0.5) is 5.88 Å². The molecular formula is C18H24N2OS. The Morgan fingerprint density at radius 3 is 2.36 bits per heavy atom. The zero-order valence-corrected chi connectivity index (χ0v) is 14.8. The third kappa shape index (κ3) is 3.22. The van der Waals surface area contributed by atoms with Gasteiger partial charge in [0.2, 0.25) is 5.88 Å². The third-order valence-electron chi connectivity index (χ3n) is 4.63. The van der Waals surface area contributed by atoms with Crippen LogP contribution in [-0.4, -0.2) is 10.1 Å². The summed E-state index contributed by atoms with van der Waals surface area (Å²) >= 11 is 5.54. The highest BCUT2D eigenvalue weighted by atomic mass is 32.1. The molecule has 4 heteroatoms. The standard InChI is InChI=1S/C18H24N2OS/c1-6-18(5,7-2)14-11-15(21-20-14)19-17(22)16-12(3)9-8-10-13(16)4/h8-11H,6-7H2,1-5H3,(H,19,22). The summed E-state index contributed by atoms with van der Waals surface area (Å²) in [5.41, 5.74) is 4.39. The Morgan fingerprint density at radius 2 is 1.82 bits per heavy atom. The molecule has 0 amide bonds. The summed E-state index contributed by atoms with van der Waals surface area (Å²) in [6.45, 7) is 10.7. The minimum atomic E-state index is 0.0453. The van der Waals surface area contributed by atoms with Crippen LogP contribution in [0.2, 0.25) is 0 Å². The van der Waals surface area contributed by atoms with Crippen LogP contribution in [0.1, 0.15) is 56.0 Å². The topological polar surface area (TPSA) is 38.1 Å². The second kappa shape index (κ2) is 6.61. The normalized spacial score (nSPS) is 11.5. The first kappa shape index (κ1) is 16.7. The van der Waals surface area contributed by atoms with E-state index in [-0.39, 0.29) is 5.41 Å². The third-order valence-corrected chi connectivity index (χ3v) is 4.94. The molecule has 0 atom stereocenters. The van der Waals surface area contributed by atoms with Gasteiger partial charge >= 0.3 is 0 Å². The molecule has 3 nitrogen and oxygen atoms in total. The second-order valence-corrected chi connectivity index (χ2v) is 6.47. The number of nitrogens with zero attached hydrogens (tertiary/aromatic N) is 1. The van der Waals surface area contributed by atoms with E-state index >= 15 is 0 Å². The molecule has 22 heavy (non-hydrogen) atoms. The van der Waals surface area contributed by atoms with Crippen LogP contribution >= 0.6 is 12.2 Å². The maximum absolute atomic E-state index is 5.54. The molecule has 2 aromatic rings. The number of hydrogen-bond donors (Lipinski definition) is 1. The minimum Gasteiger partial charge on any atom is -0.338 e. The van der Waals surface area contributed by atoms with E-state index in [1.807, 2.05) is 12.1 Å². The van der Waals surface area contributed by atoms with Gasteiger partial charge in [-0.25, -0.2) is 0 Å². The van der Waals surface area contributed by atoms with E-state index in [9.17, 15) is 0 Å². The summed E-state index contributed by atoms with van der Waals surface area (Å²) < 4.78 is 5.44. The predicted molar refractivity (Wildman–Crippen MR) is 95.7 cm³/mol. The fourth-order valence-electron chi connectivity index (χ4n) is 2.58. The Labute approximate surface area is 138 Å². The van der Waals surface area contributed by atoms with Crippen molar-refractivity contribution in [2.24, 2.45) is 0 Å². The molecule has 0 radical (unpaired) electrons. The maximum atomic E-state index is 5.54. The van der Waals surface area contributed by atoms with Gasteiger partial charge in [0.1, 0.15) is 4.99 Å². The van der Waals surface area contributed by atoms with Crippen molar-refractivity contribution >= 4 is 23.1 Å². The van der Waals surface area contributed by atoms with E-state index in [2.05, 4.69) is 57.2 Å². The molecule has 1 aromatic carbocycles. The van der Waals surface area contributed by atoms with E-state index in [1.165, 1.54) is 0 Å². The van der Waals surface area contributed by atoms with Gasteiger partial charge in [-0.3, -0.25) is 0 Å². The highest BCUT2D eigenvalue weighted by Gasteiger charge is 2.26. The van der Waals surface area contributed by atoms with Crippen molar-refractivity contribution in [1.29, 1.82) is 0 Å². The molecular weight excluding hydrogens is 292 g/mol. The van der Waals surface area contributed by atoms with E-state index in [1.54, 1.807) is 0 Å². The number of aryl methyl sites for hydroxylation is 2. The van der Waals surface area contributed by atoms with Gasteiger partial charge in [-0.1, -0.05) is 56.3 Å². The SMILES string of the molecule is CCC(C)(CC)c1cc(NC(=S)c2c(C)cccc2C)on1. The van der Waals surface area contributed by atoms with Crippen molar-refractivity contribution in [2.45, 2.75) is 52.9 Å². The number of aromatic nitrogens is 1. The first-order valence-electron chi connectivity index (χ1n) is 7.76. The molecule has 118 valence electrons. The Bertz CT molecular complexity index is 651. The largest absolute Gasteiger partial charge is 0.338 e. The van der Waals surface area contributed by atoms with Crippen LogP contribution in [0.5, 0.6) is 0 Å². The van der Waals surface area contributed by atoms with Gasteiger partial charge in [0.25, 0.3) is 0 Å². The summed E-state index contributed by atoms with van der Waals surface area (Å²) in [6.07, 6.45) is 2.05. The predicted octanol–water partition coefficient (Wildman–Crippen LogP) is 5.16. The van der Waals surface area contributed by atoms with Gasteiger partial charge in [-0.15, -0.1) is 0 Å². The lowest BCUT2D eigenvalue weighted by molar-refractivity contribution is 0.368. The lowest BCUT2D eigenvalue weighted by atomic mass is 9.81. The smallest absolute Gasteiger partial charge is 0.229 e. The average molecular weight is 316 g/mol. The Hall–Kier alpha value is -1.68. The number of thiocarbonyl (C=S) groups is 1. The molecule has 0 aliphatic rings. The molecule has 0 unspecified atom stereocenters. The van der Waals surface area contributed by atoms with E-state index < -0.39 is 0 Å². The van der Waals surface area contributed by atoms with Crippen LogP contribution in [0, 0.1) is 13.8 Å². The average Bonchev–Trinajstić information content (AvgIpc) is 2.95. The van der Waals surface area contributed by atoms with E-state index in [0.717, 1.165) is 35.2 Å². The first-order valence-corrected chi connectivity index (χ1v) is 8.17. The van der Waals surface area contributed by atoms with Crippen molar-refractivity contribution < 1.29 is 4.52 Å². The fourth-order valence-corrected chi connectivity index (χ4v) is 3.00. The Kier molecular flexibility index (Phi) is 5.01. The van der Waals surface area contributed by atoms with Crippen molar-refractivity contribution in [3.05, 3.63) is 46.6 Å². The molecule has 2 rings (SSSR count). The molecule has 1 N–H and O–H groups in total. The van der Waals surface area contributed by atoms with Crippen molar-refractivity contribution in [3.8, 4) is 0 Å². The molecule has 0 aliphatic heterocycles. The first-order chi connectivity index (χ1) is 10.4. The van der Waals surface area contributed by atoms with Gasteiger partial charge in [-0.05, 0) is 37.8 Å². The number of hydrogen-bond acceptors (Lipinski definition) is 3. The number of anilines is 1. The van der Waals surface area contributed by atoms with Crippen LogP contribution in [0.3, 0.4) is 0 Å². The van der Waals surface area contributed by atoms with Crippen molar-refractivity contribution in [2.75, 3.05) is 5.32 Å². The highest BCUT2D eigenvalue weighted by molar-refractivity contribution is 7.81. The van der Waals surface area contributed by atoms with Gasteiger partial charge in [0.05, 0.1) is 5.69 Å². The lowest BCUT2D eigenvalue weighted by Crippen LogP contribution is -2.19. The van der Waals surface area contributed by atoms with Crippen LogP contribution in [0.25, 0.3) is 0 Å². The Morgan fingerprint density at radius 1 is 1.23 bits per heavy atom. The number of benzene rings is 1. The lowest BCUT2D eigenvalue weighted by Gasteiger charge is -2.22. The fraction of sp³-hybridized carbons (Fsp3) is 0.444. The molecule has 1 aromatic heterocycles. The maximum Gasteiger partial charge on any atom is 0.229 e. The van der Waals surface area contributed by atoms with E-state index in [0.29, 0.717) is 10.9 Å². The van der Waals surface area contributed by atoms with Gasteiger partial charge in [0.15, 0.2) is 0 Å². The van der Waals surface area contributed by atoms with Gasteiger partial charge in [0, 0.05) is 17.0 Å². The summed E-state index contributed by atoms with van der Waals surface area (Å²) in [6, 6.07) is 8.13. The number of nitrogens with one attached hydrogen (secondary N) is 1. The number of rotatable bonds is 5. The molecule has 0 saturated carbocycles. The summed E-state index contributed by atoms with van der Waals surface area (Å²) in [5.74, 6) is 0.607. The summed E-state index contributed by atoms with van der Waals surface area (Å²) in [5, 5.41) is 7.41. The summed E-state index contributed by atoms with van der Waals surface area (Å²) in [7, 11) is 0. The van der Waals surface area contributed by atoms with Crippen molar-refractivity contribution in [1.82, 2.24) is 5.16 Å². The summed E-state index contributed by atoms with van der Waals surface area (Å²) in [4.78, 5) is 0.674. The zero-order valence-electron chi connectivity index (χ0n) is 14.0. The van der Waals surface area contributed by atoms with E-state index in [4.69, 9.17) is 16.7 Å². The zero-order chi connectivity index (χ0) is 16.3. The van der Waals surface area contributed by atoms with Crippen LogP contribution in [0.15, 0.2) is 28.8 Å². The molecule has 0 spiro atoms. The molecule has 0 aliphatic carbocycles. The van der Waals surface area contributed by atoms with Gasteiger partial charge in [-0.2, -0.15) is 0 Å². The van der Waals surface area contributed by atoms with Crippen LogP contribution in [-0.2, 0) is 5.41 Å². The quantitative estimate of drug-likeness (QED) is 0.774. The molecule has 0 saturated heterocycles. The van der Waals surface area contributed by atoms with Gasteiger partial charge < -0.3 is 9.84 Å². The van der Waals surface area contributed by atoms with Crippen LogP contribution < -0.4 is 5.32 Å². The highest BCUT2D eigenvalue weighted by Crippen LogP contribution is 2.31. The molecule has 0 fully saturated rings. The Balaban J connectivity index is 2.22. The van der Waals surface area contributed by atoms with Crippen molar-refractivity contribution in [3.63, 3.8) is 0 Å². The second-order valence-electron chi connectivity index (χ2n) is 6.07. The monoisotopic (exact) mass is 316 g/mol. The molecule has 1 heterocycles. The molecule has 0 bridgehead atoms. The minimum absolute atomic E-state index is 0.0453.